The summed E-state index contributed by atoms with van der Waals surface area (Å²) in [5.41, 5.74) is 1.28. The first-order chi connectivity index (χ1) is 13.3. The molecule has 8 heteroatoms. The van der Waals surface area contributed by atoms with E-state index in [2.05, 4.69) is 10.6 Å². The molecule has 0 radical (unpaired) electrons. The van der Waals surface area contributed by atoms with Crippen molar-refractivity contribution in [2.24, 2.45) is 0 Å². The van der Waals surface area contributed by atoms with Crippen LogP contribution in [-0.4, -0.2) is 46.8 Å². The zero-order valence-electron chi connectivity index (χ0n) is 15.5. The molecule has 0 saturated heterocycles. The summed E-state index contributed by atoms with van der Waals surface area (Å²) in [4.78, 5) is 34.6. The van der Waals surface area contributed by atoms with Crippen LogP contribution in [0.15, 0.2) is 48.5 Å². The molecule has 148 valence electrons. The number of hydrogen-bond donors (Lipinski definition) is 4. The van der Waals surface area contributed by atoms with Crippen molar-refractivity contribution in [3.8, 4) is 0 Å². The second kappa shape index (κ2) is 9.52. The van der Waals surface area contributed by atoms with Gasteiger partial charge >= 0.3 is 11.9 Å². The lowest BCUT2D eigenvalue weighted by atomic mass is 10.1. The molecule has 2 atom stereocenters. The molecule has 8 nitrogen and oxygen atoms in total. The number of carboxylic acids is 2. The summed E-state index contributed by atoms with van der Waals surface area (Å²) in [6, 6.07) is 11.1. The summed E-state index contributed by atoms with van der Waals surface area (Å²) in [6.45, 7) is 3.98. The standard InChI is InChI=1S/C20H22N2O6/c1-3-28-12(2)17(21-15-8-4-13(5-9-15)19(24)25)18(23)22-16-10-6-14(7-11-16)20(26)27/h4-12,17,21H,3H2,1-2H3,(H,22,23)(H,24,25)(H,26,27)/t12-,17+/m0/s1. The van der Waals surface area contributed by atoms with Gasteiger partial charge in [0.25, 0.3) is 0 Å². The summed E-state index contributed by atoms with van der Waals surface area (Å²) >= 11 is 0. The Morgan fingerprint density at radius 3 is 1.79 bits per heavy atom. The predicted molar refractivity (Wildman–Crippen MR) is 104 cm³/mol. The first-order valence-electron chi connectivity index (χ1n) is 8.67. The number of nitrogens with one attached hydrogen (secondary N) is 2. The van der Waals surface area contributed by atoms with Crippen LogP contribution in [0.1, 0.15) is 34.6 Å². The second-order valence-electron chi connectivity index (χ2n) is 6.04. The van der Waals surface area contributed by atoms with Crippen LogP contribution in [-0.2, 0) is 9.53 Å². The Morgan fingerprint density at radius 1 is 0.893 bits per heavy atom. The molecule has 0 unspecified atom stereocenters. The van der Waals surface area contributed by atoms with E-state index in [0.717, 1.165) is 0 Å². The van der Waals surface area contributed by atoms with Crippen LogP contribution in [0.2, 0.25) is 0 Å². The minimum absolute atomic E-state index is 0.119. The fourth-order valence-electron chi connectivity index (χ4n) is 2.56. The number of carboxylic acid groups (broad SMARTS) is 2. The summed E-state index contributed by atoms with van der Waals surface area (Å²) in [7, 11) is 0. The highest BCUT2D eigenvalue weighted by Crippen LogP contribution is 2.16. The molecule has 4 N–H and O–H groups in total. The van der Waals surface area contributed by atoms with Gasteiger partial charge < -0.3 is 25.6 Å². The molecule has 0 fully saturated rings. The average Bonchev–Trinajstić information content (AvgIpc) is 2.66. The van der Waals surface area contributed by atoms with Gasteiger partial charge in [-0.2, -0.15) is 0 Å². The lowest BCUT2D eigenvalue weighted by molar-refractivity contribution is -0.119. The molecule has 28 heavy (non-hydrogen) atoms. The first kappa shape index (κ1) is 20.9. The number of rotatable bonds is 9. The molecule has 2 rings (SSSR count). The van der Waals surface area contributed by atoms with Crippen molar-refractivity contribution in [2.45, 2.75) is 26.0 Å². The fourth-order valence-corrected chi connectivity index (χ4v) is 2.56. The van der Waals surface area contributed by atoms with Crippen LogP contribution in [0.5, 0.6) is 0 Å². The zero-order valence-corrected chi connectivity index (χ0v) is 15.5. The van der Waals surface area contributed by atoms with E-state index in [1.807, 2.05) is 6.92 Å². The van der Waals surface area contributed by atoms with E-state index in [9.17, 15) is 14.4 Å². The molecule has 0 aliphatic rings. The van der Waals surface area contributed by atoms with Crippen LogP contribution < -0.4 is 10.6 Å². The molecule has 0 saturated carbocycles. The smallest absolute Gasteiger partial charge is 0.335 e. The molecule has 2 aromatic carbocycles. The molecular weight excluding hydrogens is 364 g/mol. The Morgan fingerprint density at radius 2 is 1.36 bits per heavy atom. The van der Waals surface area contributed by atoms with Crippen molar-refractivity contribution >= 4 is 29.2 Å². The molecule has 0 bridgehead atoms. The normalized spacial score (nSPS) is 12.6. The third-order valence-electron chi connectivity index (χ3n) is 4.03. The Balaban J connectivity index is 2.15. The van der Waals surface area contributed by atoms with E-state index in [1.54, 1.807) is 19.1 Å². The predicted octanol–water partition coefficient (Wildman–Crippen LogP) is 2.93. The number of amides is 1. The van der Waals surface area contributed by atoms with Crippen molar-refractivity contribution in [3.63, 3.8) is 0 Å². The van der Waals surface area contributed by atoms with Gasteiger partial charge in [0.15, 0.2) is 0 Å². The number of benzene rings is 2. The number of aromatic carboxylic acids is 2. The van der Waals surface area contributed by atoms with Crippen molar-refractivity contribution in [1.82, 2.24) is 0 Å². The van der Waals surface area contributed by atoms with Crippen molar-refractivity contribution in [3.05, 3.63) is 59.7 Å². The lowest BCUT2D eigenvalue weighted by Crippen LogP contribution is -2.44. The van der Waals surface area contributed by atoms with Gasteiger partial charge in [0, 0.05) is 18.0 Å². The van der Waals surface area contributed by atoms with Gasteiger partial charge in [-0.15, -0.1) is 0 Å². The van der Waals surface area contributed by atoms with Gasteiger partial charge in [-0.05, 0) is 62.4 Å². The van der Waals surface area contributed by atoms with E-state index in [4.69, 9.17) is 14.9 Å². The highest BCUT2D eigenvalue weighted by molar-refractivity contribution is 5.97. The SMILES string of the molecule is CCO[C@@H](C)[C@@H](Nc1ccc(C(=O)O)cc1)C(=O)Nc1ccc(C(=O)O)cc1. The largest absolute Gasteiger partial charge is 0.478 e. The maximum absolute atomic E-state index is 12.8. The molecule has 0 aliphatic heterocycles. The Kier molecular flexibility index (Phi) is 7.11. The molecule has 0 spiro atoms. The van der Waals surface area contributed by atoms with Gasteiger partial charge in [0.2, 0.25) is 5.91 Å². The van der Waals surface area contributed by atoms with E-state index >= 15 is 0 Å². The molecule has 0 aromatic heterocycles. The van der Waals surface area contributed by atoms with E-state index < -0.39 is 24.1 Å². The molecule has 0 heterocycles. The van der Waals surface area contributed by atoms with E-state index in [-0.39, 0.29) is 17.0 Å². The minimum Gasteiger partial charge on any atom is -0.478 e. The van der Waals surface area contributed by atoms with Gasteiger partial charge in [0.05, 0.1) is 17.2 Å². The third-order valence-corrected chi connectivity index (χ3v) is 4.03. The Hall–Kier alpha value is -3.39. The second-order valence-corrected chi connectivity index (χ2v) is 6.04. The van der Waals surface area contributed by atoms with Crippen molar-refractivity contribution < 1.29 is 29.3 Å². The third kappa shape index (κ3) is 5.55. The number of hydrogen-bond acceptors (Lipinski definition) is 5. The summed E-state index contributed by atoms with van der Waals surface area (Å²) in [5.74, 6) is -2.45. The number of anilines is 2. The van der Waals surface area contributed by atoms with Gasteiger partial charge in [-0.25, -0.2) is 9.59 Å². The molecule has 2 aromatic rings. The highest BCUT2D eigenvalue weighted by Gasteiger charge is 2.26. The van der Waals surface area contributed by atoms with E-state index in [0.29, 0.717) is 18.0 Å². The van der Waals surface area contributed by atoms with Crippen LogP contribution >= 0.6 is 0 Å². The van der Waals surface area contributed by atoms with Gasteiger partial charge in [-0.3, -0.25) is 4.79 Å². The Labute approximate surface area is 162 Å². The first-order valence-corrected chi connectivity index (χ1v) is 8.67. The number of carbonyl (C=O) groups is 3. The van der Waals surface area contributed by atoms with Crippen LogP contribution in [0.4, 0.5) is 11.4 Å². The summed E-state index contributed by atoms with van der Waals surface area (Å²) in [5, 5.41) is 23.7. The molecule has 0 aliphatic carbocycles. The van der Waals surface area contributed by atoms with E-state index in [1.165, 1.54) is 36.4 Å². The summed E-state index contributed by atoms with van der Waals surface area (Å²) in [6.07, 6.45) is -0.470. The number of carbonyl (C=O) groups excluding carboxylic acids is 1. The molecule has 1 amide bonds. The monoisotopic (exact) mass is 386 g/mol. The quantitative estimate of drug-likeness (QED) is 0.522. The topological polar surface area (TPSA) is 125 Å². The zero-order chi connectivity index (χ0) is 20.7. The summed E-state index contributed by atoms with van der Waals surface area (Å²) < 4.78 is 5.55. The minimum atomic E-state index is -1.05. The lowest BCUT2D eigenvalue weighted by Gasteiger charge is -2.25. The Bertz CT molecular complexity index is 833. The van der Waals surface area contributed by atoms with Gasteiger partial charge in [0.1, 0.15) is 6.04 Å². The van der Waals surface area contributed by atoms with Crippen LogP contribution in [0.25, 0.3) is 0 Å². The van der Waals surface area contributed by atoms with Crippen LogP contribution in [0.3, 0.4) is 0 Å². The molecular formula is C20H22N2O6. The fraction of sp³-hybridized carbons (Fsp3) is 0.250. The van der Waals surface area contributed by atoms with Gasteiger partial charge in [-0.1, -0.05) is 0 Å². The maximum Gasteiger partial charge on any atom is 0.335 e. The van der Waals surface area contributed by atoms with Crippen LogP contribution in [0, 0.1) is 0 Å². The van der Waals surface area contributed by atoms with Crippen molar-refractivity contribution in [2.75, 3.05) is 17.2 Å². The maximum atomic E-state index is 12.8. The van der Waals surface area contributed by atoms with Crippen molar-refractivity contribution in [1.29, 1.82) is 0 Å². The number of ether oxygens (including phenoxy) is 1. The average molecular weight is 386 g/mol. The highest BCUT2D eigenvalue weighted by atomic mass is 16.5.